The largest absolute Gasteiger partial charge is 0.468 e. The van der Waals surface area contributed by atoms with Crippen LogP contribution in [0.1, 0.15) is 28.8 Å². The van der Waals surface area contributed by atoms with Gasteiger partial charge in [0.15, 0.2) is 5.78 Å². The Balaban J connectivity index is 2.05. The highest BCUT2D eigenvalue weighted by Crippen LogP contribution is 2.66. The summed E-state index contributed by atoms with van der Waals surface area (Å²) in [6.07, 6.45) is 0. The van der Waals surface area contributed by atoms with Crippen molar-refractivity contribution in [1.29, 1.82) is 0 Å². The summed E-state index contributed by atoms with van der Waals surface area (Å²) in [6, 6.07) is 18.7. The Kier molecular flexibility index (Phi) is 3.57. The van der Waals surface area contributed by atoms with Crippen molar-refractivity contribution in [3.8, 4) is 0 Å². The van der Waals surface area contributed by atoms with Gasteiger partial charge in [0, 0.05) is 11.5 Å². The summed E-state index contributed by atoms with van der Waals surface area (Å²) in [5, 5.41) is 0. The monoisotopic (exact) mass is 294 g/mol. The maximum absolute atomic E-state index is 13.0. The first-order valence-corrected chi connectivity index (χ1v) is 7.37. The smallest absolute Gasteiger partial charge is 0.320 e. The van der Waals surface area contributed by atoms with E-state index in [1.54, 1.807) is 12.1 Å². The van der Waals surface area contributed by atoms with Crippen molar-refractivity contribution in [3.63, 3.8) is 0 Å². The first-order chi connectivity index (χ1) is 10.6. The molecule has 0 aliphatic heterocycles. The number of ketones is 1. The van der Waals surface area contributed by atoms with E-state index in [4.69, 9.17) is 4.74 Å². The third-order valence-electron chi connectivity index (χ3n) is 4.69. The van der Waals surface area contributed by atoms with Gasteiger partial charge in [0.1, 0.15) is 5.41 Å². The van der Waals surface area contributed by atoms with E-state index in [1.165, 1.54) is 7.11 Å². The Morgan fingerprint density at radius 2 is 1.50 bits per heavy atom. The molecule has 0 aromatic heterocycles. The molecule has 0 radical (unpaired) electrons. The molecule has 3 heteroatoms. The Morgan fingerprint density at radius 3 is 2.05 bits per heavy atom. The number of carbonyl (C=O) groups is 2. The maximum atomic E-state index is 13.0. The van der Waals surface area contributed by atoms with E-state index in [-0.39, 0.29) is 17.6 Å². The zero-order chi connectivity index (χ0) is 15.7. The van der Waals surface area contributed by atoms with Gasteiger partial charge >= 0.3 is 5.97 Å². The molecule has 0 heterocycles. The molecule has 2 aromatic rings. The van der Waals surface area contributed by atoms with Crippen molar-refractivity contribution < 1.29 is 14.3 Å². The van der Waals surface area contributed by atoms with Crippen molar-refractivity contribution in [2.45, 2.75) is 12.8 Å². The number of esters is 1. The Morgan fingerprint density at radius 1 is 0.955 bits per heavy atom. The fourth-order valence-electron chi connectivity index (χ4n) is 3.52. The van der Waals surface area contributed by atoms with Crippen LogP contribution < -0.4 is 0 Å². The average molecular weight is 294 g/mol. The standard InChI is InChI=1S/C19H18O3/c1-13-16(14-9-5-3-6-10-14)19(13,18(21)22-2)17(20)15-11-7-4-8-12-15/h3-13,16H,1-2H3/t13-,16-,19+/m1/s1. The van der Waals surface area contributed by atoms with Crippen LogP contribution in [0.15, 0.2) is 60.7 Å². The van der Waals surface area contributed by atoms with Gasteiger partial charge in [-0.1, -0.05) is 67.6 Å². The van der Waals surface area contributed by atoms with E-state index in [9.17, 15) is 9.59 Å². The number of Topliss-reactive ketones (excluding diaryl/α,β-unsaturated/α-hetero) is 1. The number of methoxy groups -OCH3 is 1. The lowest BCUT2D eigenvalue weighted by molar-refractivity contribution is -0.145. The highest BCUT2D eigenvalue weighted by Gasteiger charge is 2.73. The van der Waals surface area contributed by atoms with E-state index in [2.05, 4.69) is 0 Å². The molecule has 3 atom stereocenters. The number of hydrogen-bond donors (Lipinski definition) is 0. The summed E-state index contributed by atoms with van der Waals surface area (Å²) in [5.41, 5.74) is 0.458. The van der Waals surface area contributed by atoms with Crippen molar-refractivity contribution in [1.82, 2.24) is 0 Å². The molecule has 112 valence electrons. The Hall–Kier alpha value is -2.42. The lowest BCUT2D eigenvalue weighted by atomic mass is 9.89. The van der Waals surface area contributed by atoms with E-state index in [1.807, 2.05) is 55.5 Å². The van der Waals surface area contributed by atoms with Gasteiger partial charge in [0.25, 0.3) is 0 Å². The highest BCUT2D eigenvalue weighted by molar-refractivity contribution is 6.16. The van der Waals surface area contributed by atoms with Crippen LogP contribution in [0.4, 0.5) is 0 Å². The minimum Gasteiger partial charge on any atom is -0.468 e. The lowest BCUT2D eigenvalue weighted by Gasteiger charge is -2.14. The van der Waals surface area contributed by atoms with Crippen molar-refractivity contribution >= 4 is 11.8 Å². The molecule has 3 rings (SSSR count). The van der Waals surface area contributed by atoms with Crippen LogP contribution in [0, 0.1) is 11.3 Å². The van der Waals surface area contributed by atoms with Crippen LogP contribution >= 0.6 is 0 Å². The fraction of sp³-hybridized carbons (Fsp3) is 0.263. The molecule has 0 bridgehead atoms. The van der Waals surface area contributed by atoms with Gasteiger partial charge in [-0.05, 0) is 11.5 Å². The van der Waals surface area contributed by atoms with E-state index in [0.717, 1.165) is 5.56 Å². The summed E-state index contributed by atoms with van der Waals surface area (Å²) < 4.78 is 4.98. The predicted molar refractivity (Wildman–Crippen MR) is 83.6 cm³/mol. The SMILES string of the molecule is COC(=O)[C@@]1(C(=O)c2ccccc2)[C@H](C)[C@@H]1c1ccccc1. The molecule has 0 amide bonds. The summed E-state index contributed by atoms with van der Waals surface area (Å²) in [6.45, 7) is 1.94. The minimum atomic E-state index is -1.10. The Bertz CT molecular complexity index is 693. The number of ether oxygens (including phenoxy) is 1. The van der Waals surface area contributed by atoms with E-state index >= 15 is 0 Å². The average Bonchev–Trinajstić information content (AvgIpc) is 3.21. The molecule has 0 saturated heterocycles. The second kappa shape index (κ2) is 5.41. The van der Waals surface area contributed by atoms with E-state index < -0.39 is 11.4 Å². The topological polar surface area (TPSA) is 43.4 Å². The van der Waals surface area contributed by atoms with Crippen molar-refractivity contribution in [3.05, 3.63) is 71.8 Å². The van der Waals surface area contributed by atoms with Gasteiger partial charge in [-0.25, -0.2) is 0 Å². The third-order valence-corrected chi connectivity index (χ3v) is 4.69. The molecular formula is C19H18O3. The number of carbonyl (C=O) groups excluding carboxylic acids is 2. The lowest BCUT2D eigenvalue weighted by Crippen LogP contribution is -2.30. The molecule has 1 saturated carbocycles. The molecule has 1 aliphatic carbocycles. The quantitative estimate of drug-likeness (QED) is 0.493. The van der Waals surface area contributed by atoms with Crippen LogP contribution in [0.3, 0.4) is 0 Å². The highest BCUT2D eigenvalue weighted by atomic mass is 16.5. The molecule has 0 N–H and O–H groups in total. The van der Waals surface area contributed by atoms with Gasteiger partial charge in [-0.3, -0.25) is 9.59 Å². The van der Waals surface area contributed by atoms with Gasteiger partial charge in [-0.15, -0.1) is 0 Å². The summed E-state index contributed by atoms with van der Waals surface area (Å²) in [7, 11) is 1.34. The number of rotatable bonds is 4. The maximum Gasteiger partial charge on any atom is 0.320 e. The molecule has 2 aromatic carbocycles. The van der Waals surface area contributed by atoms with Crippen LogP contribution in [0.5, 0.6) is 0 Å². The third kappa shape index (κ3) is 1.97. The second-order valence-corrected chi connectivity index (χ2v) is 5.73. The zero-order valence-electron chi connectivity index (χ0n) is 12.7. The van der Waals surface area contributed by atoms with Gasteiger partial charge < -0.3 is 4.74 Å². The molecule has 22 heavy (non-hydrogen) atoms. The summed E-state index contributed by atoms with van der Waals surface area (Å²) >= 11 is 0. The van der Waals surface area contributed by atoms with Crippen LogP contribution in [-0.4, -0.2) is 18.9 Å². The van der Waals surface area contributed by atoms with Crippen molar-refractivity contribution in [2.75, 3.05) is 7.11 Å². The normalized spacial score (nSPS) is 26.3. The first kappa shape index (κ1) is 14.5. The zero-order valence-corrected chi connectivity index (χ0v) is 12.7. The van der Waals surface area contributed by atoms with Gasteiger partial charge in [0.05, 0.1) is 7.11 Å². The predicted octanol–water partition coefficient (Wildman–Crippen LogP) is 3.46. The van der Waals surface area contributed by atoms with Crippen LogP contribution in [-0.2, 0) is 9.53 Å². The summed E-state index contributed by atoms with van der Waals surface area (Å²) in [4.78, 5) is 25.5. The molecule has 3 nitrogen and oxygen atoms in total. The van der Waals surface area contributed by atoms with Gasteiger partial charge in [-0.2, -0.15) is 0 Å². The minimum absolute atomic E-state index is 0.0740. The van der Waals surface area contributed by atoms with Gasteiger partial charge in [0.2, 0.25) is 0 Å². The molecule has 1 aliphatic rings. The second-order valence-electron chi connectivity index (χ2n) is 5.73. The molecule has 0 unspecified atom stereocenters. The van der Waals surface area contributed by atoms with E-state index in [0.29, 0.717) is 5.56 Å². The van der Waals surface area contributed by atoms with Crippen molar-refractivity contribution in [2.24, 2.45) is 11.3 Å². The molecule has 0 spiro atoms. The number of benzene rings is 2. The van der Waals surface area contributed by atoms with Crippen LogP contribution in [0.25, 0.3) is 0 Å². The summed E-state index contributed by atoms with van der Waals surface area (Å²) in [5.74, 6) is -0.798. The molecular weight excluding hydrogens is 276 g/mol. The molecule has 1 fully saturated rings. The first-order valence-electron chi connectivity index (χ1n) is 7.37. The fourth-order valence-corrected chi connectivity index (χ4v) is 3.52. The Labute approximate surface area is 129 Å². The number of hydrogen-bond acceptors (Lipinski definition) is 3. The van der Waals surface area contributed by atoms with Crippen LogP contribution in [0.2, 0.25) is 0 Å².